The summed E-state index contributed by atoms with van der Waals surface area (Å²) in [5.74, 6) is 0.146. The van der Waals surface area contributed by atoms with Crippen LogP contribution in [-0.4, -0.2) is 17.6 Å². The van der Waals surface area contributed by atoms with Crippen LogP contribution in [0.5, 0.6) is 0 Å². The molecule has 4 nitrogen and oxygen atoms in total. The number of aromatic nitrogens is 1. The van der Waals surface area contributed by atoms with Gasteiger partial charge in [-0.2, -0.15) is 0 Å². The molecule has 1 heterocycles. The maximum Gasteiger partial charge on any atom is 0.273 e. The van der Waals surface area contributed by atoms with E-state index in [1.54, 1.807) is 18.2 Å². The Balaban J connectivity index is 1.65. The molecule has 0 unspecified atom stereocenters. The molecular weight excluding hydrogens is 331 g/mol. The van der Waals surface area contributed by atoms with Crippen LogP contribution in [0.2, 0.25) is 0 Å². The van der Waals surface area contributed by atoms with Gasteiger partial charge in [0.2, 0.25) is 0 Å². The molecule has 0 aliphatic rings. The molecule has 0 spiro atoms. The minimum atomic E-state index is -0.279. The summed E-state index contributed by atoms with van der Waals surface area (Å²) >= 11 is 0. The molecule has 0 radical (unpaired) electrons. The van der Waals surface area contributed by atoms with Gasteiger partial charge in [0, 0.05) is 24.1 Å². The Morgan fingerprint density at radius 1 is 1.15 bits per heavy atom. The molecule has 0 bridgehead atoms. The van der Waals surface area contributed by atoms with E-state index in [1.807, 2.05) is 30.3 Å². The van der Waals surface area contributed by atoms with Crippen molar-refractivity contribution in [3.8, 4) is 11.3 Å². The van der Waals surface area contributed by atoms with Crippen molar-refractivity contribution in [1.29, 1.82) is 0 Å². The average molecular weight is 352 g/mol. The molecule has 0 saturated carbocycles. The topological polar surface area (TPSA) is 55.1 Å². The Morgan fingerprint density at radius 2 is 1.88 bits per heavy atom. The van der Waals surface area contributed by atoms with Gasteiger partial charge in [0.1, 0.15) is 5.82 Å². The molecule has 3 aromatic rings. The molecule has 3 rings (SSSR count). The summed E-state index contributed by atoms with van der Waals surface area (Å²) in [6, 6.07) is 17.6. The van der Waals surface area contributed by atoms with E-state index in [9.17, 15) is 9.18 Å². The quantitative estimate of drug-likeness (QED) is 0.665. The van der Waals surface area contributed by atoms with Gasteiger partial charge < -0.3 is 9.84 Å². The van der Waals surface area contributed by atoms with Crippen molar-refractivity contribution < 1.29 is 13.7 Å². The first-order valence-corrected chi connectivity index (χ1v) is 8.73. The number of halogens is 1. The fourth-order valence-electron chi connectivity index (χ4n) is 2.90. The molecule has 0 saturated heterocycles. The molecule has 5 heteroatoms. The first-order valence-electron chi connectivity index (χ1n) is 8.73. The van der Waals surface area contributed by atoms with Crippen LogP contribution >= 0.6 is 0 Å². The first kappa shape index (κ1) is 17.9. The van der Waals surface area contributed by atoms with Gasteiger partial charge >= 0.3 is 0 Å². The van der Waals surface area contributed by atoms with Gasteiger partial charge in [-0.3, -0.25) is 4.79 Å². The zero-order valence-corrected chi connectivity index (χ0v) is 14.6. The maximum atomic E-state index is 13.1. The number of rotatable bonds is 7. The largest absolute Gasteiger partial charge is 0.355 e. The molecule has 1 amide bonds. The van der Waals surface area contributed by atoms with E-state index in [1.165, 1.54) is 12.1 Å². The second-order valence-electron chi connectivity index (χ2n) is 6.19. The van der Waals surface area contributed by atoms with Crippen LogP contribution in [0.4, 0.5) is 4.39 Å². The Hall–Kier alpha value is -2.95. The van der Waals surface area contributed by atoms with E-state index < -0.39 is 0 Å². The number of benzene rings is 2. The van der Waals surface area contributed by atoms with E-state index in [-0.39, 0.29) is 23.3 Å². The maximum absolute atomic E-state index is 13.1. The van der Waals surface area contributed by atoms with Crippen molar-refractivity contribution in [3.63, 3.8) is 0 Å². The van der Waals surface area contributed by atoms with Crippen molar-refractivity contribution >= 4 is 5.91 Å². The van der Waals surface area contributed by atoms with Gasteiger partial charge in [-0.1, -0.05) is 61.0 Å². The van der Waals surface area contributed by atoms with E-state index in [4.69, 9.17) is 4.52 Å². The van der Waals surface area contributed by atoms with Crippen molar-refractivity contribution in [2.24, 2.45) is 0 Å². The van der Waals surface area contributed by atoms with Gasteiger partial charge in [0.15, 0.2) is 11.5 Å². The average Bonchev–Trinajstić information content (AvgIpc) is 3.17. The van der Waals surface area contributed by atoms with Crippen LogP contribution in [0.3, 0.4) is 0 Å². The molecule has 1 N–H and O–H groups in total. The molecule has 1 atom stereocenters. The Morgan fingerprint density at radius 3 is 2.58 bits per heavy atom. The number of hydrogen-bond acceptors (Lipinski definition) is 3. The molecular formula is C21H21FN2O2. The summed E-state index contributed by atoms with van der Waals surface area (Å²) in [5.41, 5.74) is 2.13. The standard InChI is InChI=1S/C21H21FN2O2/c1-2-6-17(15-9-11-18(22)12-10-15)14-23-21(25)19-13-20(26-24-19)16-7-4-3-5-8-16/h3-5,7-13,17H,2,6,14H2,1H3,(H,23,25)/t17-/m1/s1. The SMILES string of the molecule is CCC[C@H](CNC(=O)c1cc(-c2ccccc2)on1)c1ccc(F)cc1. The number of nitrogens with zero attached hydrogens (tertiary/aromatic N) is 1. The predicted molar refractivity (Wildman–Crippen MR) is 98.3 cm³/mol. The van der Waals surface area contributed by atoms with Crippen molar-refractivity contribution in [1.82, 2.24) is 10.5 Å². The van der Waals surface area contributed by atoms with Crippen LogP contribution in [0.15, 0.2) is 65.2 Å². The Kier molecular flexibility index (Phi) is 5.79. The van der Waals surface area contributed by atoms with Crippen LogP contribution in [-0.2, 0) is 0 Å². The highest BCUT2D eigenvalue weighted by Gasteiger charge is 2.16. The van der Waals surface area contributed by atoms with Crippen LogP contribution < -0.4 is 5.32 Å². The van der Waals surface area contributed by atoms with Crippen LogP contribution in [0, 0.1) is 5.82 Å². The summed E-state index contributed by atoms with van der Waals surface area (Å²) < 4.78 is 18.4. The number of hydrogen-bond donors (Lipinski definition) is 1. The second-order valence-corrected chi connectivity index (χ2v) is 6.19. The molecule has 2 aromatic carbocycles. The lowest BCUT2D eigenvalue weighted by Crippen LogP contribution is -2.28. The minimum Gasteiger partial charge on any atom is -0.355 e. The van der Waals surface area contributed by atoms with Crippen molar-refractivity contribution in [3.05, 3.63) is 77.7 Å². The van der Waals surface area contributed by atoms with Gasteiger partial charge in [0.05, 0.1) is 0 Å². The third kappa shape index (κ3) is 4.36. The van der Waals surface area contributed by atoms with E-state index in [0.29, 0.717) is 12.3 Å². The highest BCUT2D eigenvalue weighted by molar-refractivity contribution is 5.93. The molecule has 0 aliphatic heterocycles. The third-order valence-corrected chi connectivity index (χ3v) is 4.29. The summed E-state index contributed by atoms with van der Waals surface area (Å²) in [5, 5.41) is 6.77. The molecule has 0 aliphatic carbocycles. The van der Waals surface area contributed by atoms with E-state index in [2.05, 4.69) is 17.4 Å². The predicted octanol–water partition coefficient (Wildman–Crippen LogP) is 4.79. The highest BCUT2D eigenvalue weighted by Crippen LogP contribution is 2.22. The molecule has 26 heavy (non-hydrogen) atoms. The zero-order valence-electron chi connectivity index (χ0n) is 14.6. The second kappa shape index (κ2) is 8.43. The monoisotopic (exact) mass is 352 g/mol. The van der Waals surface area contributed by atoms with Gasteiger partial charge in [0.25, 0.3) is 5.91 Å². The van der Waals surface area contributed by atoms with Crippen LogP contribution in [0.1, 0.15) is 41.7 Å². The van der Waals surface area contributed by atoms with Gasteiger partial charge in [-0.15, -0.1) is 0 Å². The normalized spacial score (nSPS) is 11.9. The van der Waals surface area contributed by atoms with Gasteiger partial charge in [-0.05, 0) is 24.1 Å². The van der Waals surface area contributed by atoms with Gasteiger partial charge in [-0.25, -0.2) is 4.39 Å². The van der Waals surface area contributed by atoms with Crippen LogP contribution in [0.25, 0.3) is 11.3 Å². The molecule has 134 valence electrons. The third-order valence-electron chi connectivity index (χ3n) is 4.29. The summed E-state index contributed by atoms with van der Waals surface area (Å²) in [4.78, 5) is 12.4. The zero-order chi connectivity index (χ0) is 18.4. The van der Waals surface area contributed by atoms with E-state index >= 15 is 0 Å². The lowest BCUT2D eigenvalue weighted by atomic mass is 9.94. The Bertz CT molecular complexity index is 844. The molecule has 0 fully saturated rings. The first-order chi connectivity index (χ1) is 12.7. The lowest BCUT2D eigenvalue weighted by molar-refractivity contribution is 0.0941. The summed E-state index contributed by atoms with van der Waals surface area (Å²) in [7, 11) is 0. The number of carbonyl (C=O) groups is 1. The summed E-state index contributed by atoms with van der Waals surface area (Å²) in [6.45, 7) is 2.55. The van der Waals surface area contributed by atoms with Crippen molar-refractivity contribution in [2.75, 3.05) is 6.54 Å². The van der Waals surface area contributed by atoms with Crippen molar-refractivity contribution in [2.45, 2.75) is 25.7 Å². The molecule has 1 aromatic heterocycles. The summed E-state index contributed by atoms with van der Waals surface area (Å²) in [6.07, 6.45) is 1.88. The minimum absolute atomic E-state index is 0.130. The number of amides is 1. The fourth-order valence-corrected chi connectivity index (χ4v) is 2.90. The number of nitrogens with one attached hydrogen (secondary N) is 1. The lowest BCUT2D eigenvalue weighted by Gasteiger charge is -2.17. The number of carbonyl (C=O) groups excluding carboxylic acids is 1. The fraction of sp³-hybridized carbons (Fsp3) is 0.238. The van der Waals surface area contributed by atoms with E-state index in [0.717, 1.165) is 24.0 Å². The Labute approximate surface area is 152 Å². The smallest absolute Gasteiger partial charge is 0.273 e. The highest BCUT2D eigenvalue weighted by atomic mass is 19.1.